The molecular weight excluding hydrogens is 240 g/mol. The van der Waals surface area contributed by atoms with E-state index in [4.69, 9.17) is 10.5 Å². The van der Waals surface area contributed by atoms with Gasteiger partial charge in [-0.15, -0.1) is 0 Å². The van der Waals surface area contributed by atoms with Gasteiger partial charge >= 0.3 is 0 Å². The molecule has 1 atom stereocenters. The largest absolute Gasteiger partial charge is 0.483 e. The fourth-order valence-corrected chi connectivity index (χ4v) is 2.05. The van der Waals surface area contributed by atoms with Crippen LogP contribution in [0.2, 0.25) is 0 Å². The zero-order chi connectivity index (χ0) is 13.7. The summed E-state index contributed by atoms with van der Waals surface area (Å²) in [5.41, 5.74) is 7.04. The highest BCUT2D eigenvalue weighted by molar-refractivity contribution is 5.77. The fraction of sp³-hybridized carbons (Fsp3) is 0.533. The highest BCUT2D eigenvalue weighted by Crippen LogP contribution is 2.31. The van der Waals surface area contributed by atoms with Gasteiger partial charge in [0.05, 0.1) is 0 Å². The van der Waals surface area contributed by atoms with E-state index in [0.29, 0.717) is 12.5 Å². The van der Waals surface area contributed by atoms with E-state index in [0.717, 1.165) is 17.7 Å². The Balaban J connectivity index is 1.73. The number of ether oxygens (including phenoxy) is 1. The first kappa shape index (κ1) is 13.9. The molecule has 3 N–H and O–H groups in total. The van der Waals surface area contributed by atoms with Crippen LogP contribution in [0.1, 0.15) is 25.3 Å². The van der Waals surface area contributed by atoms with Crippen molar-refractivity contribution < 1.29 is 9.53 Å². The number of carbonyl (C=O) groups is 1. The van der Waals surface area contributed by atoms with Crippen LogP contribution in [0.4, 0.5) is 0 Å². The Hall–Kier alpha value is -1.55. The Morgan fingerprint density at radius 2 is 2.21 bits per heavy atom. The molecule has 0 aromatic heterocycles. The maximum atomic E-state index is 11.7. The topological polar surface area (TPSA) is 64.3 Å². The van der Waals surface area contributed by atoms with Crippen molar-refractivity contribution in [2.75, 3.05) is 13.2 Å². The molecule has 1 aromatic rings. The summed E-state index contributed by atoms with van der Waals surface area (Å²) in [5.74, 6) is 1.27. The minimum absolute atomic E-state index is 0.0500. The summed E-state index contributed by atoms with van der Waals surface area (Å²) in [4.78, 5) is 11.7. The molecule has 1 saturated carbocycles. The third kappa shape index (κ3) is 4.24. The van der Waals surface area contributed by atoms with Crippen LogP contribution in [-0.4, -0.2) is 25.1 Å². The van der Waals surface area contributed by atoms with Crippen LogP contribution in [0.5, 0.6) is 5.75 Å². The molecule has 104 valence electrons. The molecule has 1 fully saturated rings. The first-order valence-electron chi connectivity index (χ1n) is 6.93. The summed E-state index contributed by atoms with van der Waals surface area (Å²) in [6, 6.07) is 7.88. The molecule has 0 radical (unpaired) electrons. The zero-order valence-corrected chi connectivity index (χ0v) is 11.4. The standard InChI is InChI=1S/C15H22N2O2/c1-2-11-5-3-4-6-14(11)19-10-15(18)17-9-13(16)12-7-8-12/h3-6,12-13H,2,7-10,16H2,1H3,(H,17,18). The van der Waals surface area contributed by atoms with Crippen LogP contribution in [-0.2, 0) is 11.2 Å². The predicted molar refractivity (Wildman–Crippen MR) is 75.0 cm³/mol. The summed E-state index contributed by atoms with van der Waals surface area (Å²) in [6.07, 6.45) is 3.28. The van der Waals surface area contributed by atoms with E-state index in [9.17, 15) is 4.79 Å². The molecule has 1 aromatic carbocycles. The molecule has 0 spiro atoms. The SMILES string of the molecule is CCc1ccccc1OCC(=O)NCC(N)C1CC1. The first-order valence-corrected chi connectivity index (χ1v) is 6.93. The molecule has 4 nitrogen and oxygen atoms in total. The molecule has 19 heavy (non-hydrogen) atoms. The number of amides is 1. The first-order chi connectivity index (χ1) is 9.20. The lowest BCUT2D eigenvalue weighted by molar-refractivity contribution is -0.123. The summed E-state index contributed by atoms with van der Waals surface area (Å²) in [7, 11) is 0. The van der Waals surface area contributed by atoms with Gasteiger partial charge in [0.2, 0.25) is 0 Å². The fourth-order valence-electron chi connectivity index (χ4n) is 2.05. The molecule has 0 heterocycles. The van der Waals surface area contributed by atoms with Gasteiger partial charge in [-0.05, 0) is 36.8 Å². The Labute approximate surface area is 114 Å². The van der Waals surface area contributed by atoms with E-state index in [1.54, 1.807) is 0 Å². The second kappa shape index (κ2) is 6.57. The lowest BCUT2D eigenvalue weighted by Gasteiger charge is -2.13. The normalized spacial score (nSPS) is 15.9. The van der Waals surface area contributed by atoms with Crippen LogP contribution >= 0.6 is 0 Å². The number of hydrogen-bond donors (Lipinski definition) is 2. The minimum atomic E-state index is -0.109. The van der Waals surface area contributed by atoms with E-state index >= 15 is 0 Å². The van der Waals surface area contributed by atoms with Crippen LogP contribution in [0.25, 0.3) is 0 Å². The van der Waals surface area contributed by atoms with Gasteiger partial charge < -0.3 is 15.8 Å². The number of para-hydroxylation sites is 1. The zero-order valence-electron chi connectivity index (χ0n) is 11.4. The van der Waals surface area contributed by atoms with Gasteiger partial charge in [0, 0.05) is 12.6 Å². The number of hydrogen-bond acceptors (Lipinski definition) is 3. The van der Waals surface area contributed by atoms with Gasteiger partial charge in [-0.3, -0.25) is 4.79 Å². The molecule has 4 heteroatoms. The van der Waals surface area contributed by atoms with Crippen molar-refractivity contribution in [1.29, 1.82) is 0 Å². The van der Waals surface area contributed by atoms with Gasteiger partial charge in [-0.25, -0.2) is 0 Å². The molecule has 0 aliphatic heterocycles. The van der Waals surface area contributed by atoms with Crippen LogP contribution in [0.3, 0.4) is 0 Å². The average Bonchev–Trinajstić information content (AvgIpc) is 3.27. The molecule has 1 aliphatic carbocycles. The van der Waals surface area contributed by atoms with Crippen molar-refractivity contribution in [3.63, 3.8) is 0 Å². The summed E-state index contributed by atoms with van der Waals surface area (Å²) >= 11 is 0. The molecule has 1 unspecified atom stereocenters. The molecular formula is C15H22N2O2. The molecule has 0 saturated heterocycles. The number of nitrogens with one attached hydrogen (secondary N) is 1. The van der Waals surface area contributed by atoms with E-state index < -0.39 is 0 Å². The van der Waals surface area contributed by atoms with E-state index in [2.05, 4.69) is 12.2 Å². The highest BCUT2D eigenvalue weighted by Gasteiger charge is 2.28. The van der Waals surface area contributed by atoms with Gasteiger partial charge in [0.25, 0.3) is 5.91 Å². The third-order valence-electron chi connectivity index (χ3n) is 3.47. The lowest BCUT2D eigenvalue weighted by atomic mass is 10.1. The second-order valence-corrected chi connectivity index (χ2v) is 5.06. The van der Waals surface area contributed by atoms with E-state index in [1.807, 2.05) is 24.3 Å². The Bertz CT molecular complexity index is 430. The molecule has 1 aliphatic rings. The number of carbonyl (C=O) groups excluding carboxylic acids is 1. The van der Waals surface area contributed by atoms with Crippen molar-refractivity contribution in [2.24, 2.45) is 11.7 Å². The summed E-state index contributed by atoms with van der Waals surface area (Å²) in [5, 5.41) is 2.82. The summed E-state index contributed by atoms with van der Waals surface area (Å²) < 4.78 is 5.55. The second-order valence-electron chi connectivity index (χ2n) is 5.06. The maximum Gasteiger partial charge on any atom is 0.257 e. The Morgan fingerprint density at radius 3 is 2.89 bits per heavy atom. The minimum Gasteiger partial charge on any atom is -0.483 e. The van der Waals surface area contributed by atoms with Crippen molar-refractivity contribution in [3.8, 4) is 5.75 Å². The monoisotopic (exact) mass is 262 g/mol. The number of aryl methyl sites for hydroxylation is 1. The predicted octanol–water partition coefficient (Wildman–Crippen LogP) is 1.48. The smallest absolute Gasteiger partial charge is 0.257 e. The van der Waals surface area contributed by atoms with Crippen molar-refractivity contribution in [2.45, 2.75) is 32.2 Å². The van der Waals surface area contributed by atoms with Gasteiger partial charge in [-0.1, -0.05) is 25.1 Å². The Morgan fingerprint density at radius 1 is 1.47 bits per heavy atom. The maximum absolute atomic E-state index is 11.7. The van der Waals surface area contributed by atoms with Gasteiger partial charge in [0.1, 0.15) is 5.75 Å². The molecule has 2 rings (SSSR count). The Kier molecular flexibility index (Phi) is 4.80. The third-order valence-corrected chi connectivity index (χ3v) is 3.47. The summed E-state index contributed by atoms with van der Waals surface area (Å²) in [6.45, 7) is 2.66. The highest BCUT2D eigenvalue weighted by atomic mass is 16.5. The molecule has 0 bridgehead atoms. The lowest BCUT2D eigenvalue weighted by Crippen LogP contribution is -2.40. The van der Waals surface area contributed by atoms with Crippen molar-refractivity contribution in [3.05, 3.63) is 29.8 Å². The van der Waals surface area contributed by atoms with Crippen molar-refractivity contribution in [1.82, 2.24) is 5.32 Å². The van der Waals surface area contributed by atoms with Gasteiger partial charge in [0.15, 0.2) is 6.61 Å². The number of nitrogens with two attached hydrogens (primary N) is 1. The van der Waals surface area contributed by atoms with E-state index in [1.165, 1.54) is 12.8 Å². The molecule has 1 amide bonds. The number of benzene rings is 1. The van der Waals surface area contributed by atoms with Gasteiger partial charge in [-0.2, -0.15) is 0 Å². The average molecular weight is 262 g/mol. The number of rotatable bonds is 7. The van der Waals surface area contributed by atoms with Crippen LogP contribution in [0, 0.1) is 5.92 Å². The van der Waals surface area contributed by atoms with E-state index in [-0.39, 0.29) is 18.6 Å². The van der Waals surface area contributed by atoms with Crippen LogP contribution < -0.4 is 15.8 Å². The quantitative estimate of drug-likeness (QED) is 0.782. The van der Waals surface area contributed by atoms with Crippen molar-refractivity contribution >= 4 is 5.91 Å². The van der Waals surface area contributed by atoms with Crippen LogP contribution in [0.15, 0.2) is 24.3 Å².